The van der Waals surface area contributed by atoms with Gasteiger partial charge in [0.25, 0.3) is 14.1 Å². The molecule has 0 fully saturated rings. The SMILES string of the molecule is [C-]#[N+]CCOP(OC[C@@H](CC)O[C@H](COC(=O)c1ccccc1)n1cnc2c(=O)n(C)c(N=CN(C)C)nc21)N(C(C)C)C(C)C. The minimum atomic E-state index is -1.49. The van der Waals surface area contributed by atoms with Gasteiger partial charge in [-0.15, -0.1) is 0 Å². The van der Waals surface area contributed by atoms with Gasteiger partial charge >= 0.3 is 5.97 Å². The third-order valence-corrected chi connectivity index (χ3v) is 8.76. The minimum absolute atomic E-state index is 0.125. The zero-order chi connectivity index (χ0) is 33.8. The van der Waals surface area contributed by atoms with Gasteiger partial charge in [-0.05, 0) is 46.2 Å². The fraction of sp³-hybridized carbons (Fsp3) is 0.548. The third kappa shape index (κ3) is 9.88. The highest BCUT2D eigenvalue weighted by molar-refractivity contribution is 7.44. The lowest BCUT2D eigenvalue weighted by atomic mass is 10.2. The molecule has 3 atom stereocenters. The van der Waals surface area contributed by atoms with Gasteiger partial charge in [0.2, 0.25) is 12.5 Å². The van der Waals surface area contributed by atoms with Crippen LogP contribution >= 0.6 is 8.53 Å². The number of carbonyl (C=O) groups is 1. The molecule has 1 unspecified atom stereocenters. The van der Waals surface area contributed by atoms with Crippen molar-refractivity contribution >= 4 is 37.9 Å². The van der Waals surface area contributed by atoms with Crippen molar-refractivity contribution in [3.63, 3.8) is 0 Å². The van der Waals surface area contributed by atoms with E-state index in [1.54, 1.807) is 47.1 Å². The molecule has 15 heteroatoms. The molecule has 0 aliphatic heterocycles. The van der Waals surface area contributed by atoms with E-state index in [2.05, 4.69) is 52.2 Å². The van der Waals surface area contributed by atoms with Crippen LogP contribution < -0.4 is 5.56 Å². The number of aliphatic imine (C=N–C) groups is 1. The van der Waals surface area contributed by atoms with E-state index >= 15 is 0 Å². The van der Waals surface area contributed by atoms with Crippen molar-refractivity contribution in [3.05, 3.63) is 64.0 Å². The third-order valence-electron chi connectivity index (χ3n) is 6.69. The first-order valence-corrected chi connectivity index (χ1v) is 16.3. The van der Waals surface area contributed by atoms with Gasteiger partial charge in [0.05, 0.1) is 30.9 Å². The second-order valence-electron chi connectivity index (χ2n) is 11.2. The van der Waals surface area contributed by atoms with Crippen molar-refractivity contribution in [1.29, 1.82) is 0 Å². The van der Waals surface area contributed by atoms with Gasteiger partial charge in [-0.25, -0.2) is 26.0 Å². The molecule has 46 heavy (non-hydrogen) atoms. The second kappa shape index (κ2) is 17.8. The Kier molecular flexibility index (Phi) is 14.2. The molecule has 2 heterocycles. The maximum absolute atomic E-state index is 13.2. The van der Waals surface area contributed by atoms with Gasteiger partial charge in [0, 0.05) is 33.2 Å². The summed E-state index contributed by atoms with van der Waals surface area (Å²) in [6, 6.07) is 8.93. The summed E-state index contributed by atoms with van der Waals surface area (Å²) in [5.41, 5.74) is 0.375. The summed E-state index contributed by atoms with van der Waals surface area (Å²) in [6.45, 7) is 17.8. The molecule has 0 aliphatic rings. The van der Waals surface area contributed by atoms with E-state index in [0.717, 1.165) is 0 Å². The Balaban J connectivity index is 1.95. The fourth-order valence-corrected chi connectivity index (χ4v) is 6.08. The van der Waals surface area contributed by atoms with Gasteiger partial charge in [0.1, 0.15) is 13.2 Å². The predicted octanol–water partition coefficient (Wildman–Crippen LogP) is 4.80. The molecule has 0 amide bonds. The van der Waals surface area contributed by atoms with E-state index in [1.807, 2.05) is 27.1 Å². The number of aromatic nitrogens is 4. The molecule has 0 aliphatic carbocycles. The summed E-state index contributed by atoms with van der Waals surface area (Å²) in [5, 5.41) is 0. The Hall–Kier alpha value is -3.73. The molecule has 1 aromatic carbocycles. The number of hydrogen-bond donors (Lipinski definition) is 0. The molecule has 0 N–H and O–H groups in total. The number of benzene rings is 1. The number of nitrogens with zero attached hydrogens (tertiary/aromatic N) is 8. The quantitative estimate of drug-likeness (QED) is 0.0470. The summed E-state index contributed by atoms with van der Waals surface area (Å²) in [5.74, 6) is -0.350. The molecule has 14 nitrogen and oxygen atoms in total. The average molecular weight is 657 g/mol. The number of ether oxygens (including phenoxy) is 2. The van der Waals surface area contributed by atoms with Crippen LogP contribution in [0.25, 0.3) is 16.0 Å². The molecule has 3 rings (SSSR count). The zero-order valence-electron chi connectivity index (χ0n) is 27.9. The Bertz CT molecular complexity index is 1530. The van der Waals surface area contributed by atoms with Crippen LogP contribution in [0.1, 0.15) is 57.6 Å². The summed E-state index contributed by atoms with van der Waals surface area (Å²) in [4.78, 5) is 44.6. The number of hydrogen-bond acceptors (Lipinski definition) is 10. The smallest absolute Gasteiger partial charge is 0.338 e. The first-order chi connectivity index (χ1) is 22.0. The van der Waals surface area contributed by atoms with E-state index in [1.165, 1.54) is 10.9 Å². The van der Waals surface area contributed by atoms with Crippen LogP contribution in [0.4, 0.5) is 5.95 Å². The van der Waals surface area contributed by atoms with Gasteiger partial charge < -0.3 is 28.3 Å². The van der Waals surface area contributed by atoms with Gasteiger partial charge in [-0.2, -0.15) is 4.98 Å². The predicted molar refractivity (Wildman–Crippen MR) is 178 cm³/mol. The molecule has 3 aromatic rings. The summed E-state index contributed by atoms with van der Waals surface area (Å²) in [7, 11) is 3.71. The van der Waals surface area contributed by atoms with Crippen LogP contribution in [0, 0.1) is 6.57 Å². The van der Waals surface area contributed by atoms with Crippen molar-refractivity contribution in [1.82, 2.24) is 28.7 Å². The van der Waals surface area contributed by atoms with Crippen LogP contribution in [-0.2, 0) is 25.6 Å². The lowest BCUT2D eigenvalue weighted by Crippen LogP contribution is -2.35. The highest BCUT2D eigenvalue weighted by Crippen LogP contribution is 2.46. The van der Waals surface area contributed by atoms with Gasteiger partial charge in [-0.1, -0.05) is 25.1 Å². The molecule has 0 saturated carbocycles. The lowest BCUT2D eigenvalue weighted by molar-refractivity contribution is -0.0968. The van der Waals surface area contributed by atoms with Crippen molar-refractivity contribution < 1.29 is 23.3 Å². The highest BCUT2D eigenvalue weighted by atomic mass is 31.2. The molecule has 250 valence electrons. The van der Waals surface area contributed by atoms with E-state index < -0.39 is 26.8 Å². The zero-order valence-corrected chi connectivity index (χ0v) is 28.8. The Morgan fingerprint density at radius 1 is 1.13 bits per heavy atom. The normalized spacial score (nSPS) is 13.9. The molecule has 0 bridgehead atoms. The summed E-state index contributed by atoms with van der Waals surface area (Å²) >= 11 is 0. The first-order valence-electron chi connectivity index (χ1n) is 15.2. The van der Waals surface area contributed by atoms with Crippen LogP contribution in [0.2, 0.25) is 0 Å². The number of imidazole rings is 1. The van der Waals surface area contributed by atoms with Crippen LogP contribution in [0.15, 0.2) is 46.4 Å². The summed E-state index contributed by atoms with van der Waals surface area (Å²) < 4.78 is 29.7. The largest absolute Gasteiger partial charge is 0.457 e. The molecular weight excluding hydrogens is 611 g/mol. The van der Waals surface area contributed by atoms with Crippen LogP contribution in [0.5, 0.6) is 0 Å². The topological polar surface area (TPSA) is 130 Å². The standard InChI is InChI=1S/C31H45N8O6P/c1-10-25(18-44-46(43-17-16-32-6)39(22(2)3)23(4)5)45-26(19-42-30(41)24-14-12-11-13-15-24)38-21-33-27-28(38)35-31(34-20-36(7)8)37(9)29(27)40/h11-15,20-23,25-26H,10,16-19H2,1-5,7-9H3/t25-,26-,46?/m1/s1. The van der Waals surface area contributed by atoms with Crippen LogP contribution in [0.3, 0.4) is 0 Å². The van der Waals surface area contributed by atoms with Gasteiger partial charge in [-0.3, -0.25) is 13.9 Å². The van der Waals surface area contributed by atoms with E-state index in [4.69, 9.17) is 25.1 Å². The van der Waals surface area contributed by atoms with E-state index in [9.17, 15) is 9.59 Å². The maximum Gasteiger partial charge on any atom is 0.338 e. The second-order valence-corrected chi connectivity index (χ2v) is 12.7. The number of esters is 1. The Morgan fingerprint density at radius 3 is 2.43 bits per heavy atom. The number of fused-ring (bicyclic) bond motifs is 1. The molecule has 0 saturated heterocycles. The van der Waals surface area contributed by atoms with E-state index in [0.29, 0.717) is 12.0 Å². The van der Waals surface area contributed by atoms with E-state index in [-0.39, 0.29) is 61.1 Å². The van der Waals surface area contributed by atoms with Crippen molar-refractivity contribution in [2.24, 2.45) is 12.0 Å². The summed E-state index contributed by atoms with van der Waals surface area (Å²) in [6.07, 6.45) is 2.18. The molecule has 0 radical (unpaired) electrons. The first kappa shape index (κ1) is 36.7. The van der Waals surface area contributed by atoms with Crippen molar-refractivity contribution in [3.8, 4) is 0 Å². The van der Waals surface area contributed by atoms with Crippen molar-refractivity contribution in [2.75, 3.05) is 40.5 Å². The van der Waals surface area contributed by atoms with Gasteiger partial charge in [0.15, 0.2) is 17.4 Å². The maximum atomic E-state index is 13.2. The lowest BCUT2D eigenvalue weighted by Gasteiger charge is -2.36. The minimum Gasteiger partial charge on any atom is -0.457 e. The average Bonchev–Trinajstić information content (AvgIpc) is 3.45. The number of carbonyl (C=O) groups excluding carboxylic acids is 1. The molecular formula is C31H45N8O6P. The Labute approximate surface area is 271 Å². The Morgan fingerprint density at radius 2 is 1.83 bits per heavy atom. The highest BCUT2D eigenvalue weighted by Gasteiger charge is 2.30. The molecule has 2 aromatic heterocycles. The number of rotatable bonds is 18. The molecule has 0 spiro atoms. The van der Waals surface area contributed by atoms with Crippen LogP contribution in [-0.4, -0.2) is 99.6 Å². The fourth-order valence-electron chi connectivity index (χ4n) is 4.45. The monoisotopic (exact) mass is 656 g/mol. The van der Waals surface area contributed by atoms with Crippen molar-refractivity contribution in [2.45, 2.75) is 65.5 Å².